The molecule has 0 unspecified atom stereocenters. The molecular formula is C16H19N5O6S3. The first kappa shape index (κ1) is 22.3. The minimum atomic E-state index is -3.45. The molecule has 2 heterocycles. The number of nitrogens with zero attached hydrogens (tertiary/aromatic N) is 3. The molecule has 0 bridgehead atoms. The molecule has 1 aliphatic rings. The number of aromatic nitrogens is 2. The average molecular weight is 474 g/mol. The van der Waals surface area contributed by atoms with E-state index in [0.29, 0.717) is 22.4 Å². The lowest BCUT2D eigenvalue weighted by atomic mass is 10.2. The van der Waals surface area contributed by atoms with E-state index in [1.165, 1.54) is 18.8 Å². The Labute approximate surface area is 181 Å². The van der Waals surface area contributed by atoms with E-state index >= 15 is 0 Å². The number of carbonyl (C=O) groups excluding carboxylic acids is 2. The molecule has 3 rings (SSSR count). The SMILES string of the molecule is CN(CC(=O)Nc1nnc(SCC(=O)NCc2ccc3c(c2)OCO3)s1)S(C)(=O)=O. The van der Waals surface area contributed by atoms with Gasteiger partial charge in [0.25, 0.3) is 0 Å². The maximum absolute atomic E-state index is 12.1. The third-order valence-corrected chi connectivity index (χ3v) is 7.07. The molecular weight excluding hydrogens is 454 g/mol. The topological polar surface area (TPSA) is 140 Å². The maximum Gasteiger partial charge on any atom is 0.241 e. The largest absolute Gasteiger partial charge is 0.454 e. The van der Waals surface area contributed by atoms with Gasteiger partial charge in [-0.2, -0.15) is 4.31 Å². The van der Waals surface area contributed by atoms with Crippen molar-refractivity contribution < 1.29 is 27.5 Å². The Bertz CT molecular complexity index is 1040. The fourth-order valence-electron chi connectivity index (χ4n) is 2.23. The van der Waals surface area contributed by atoms with Crippen molar-refractivity contribution >= 4 is 50.1 Å². The lowest BCUT2D eigenvalue weighted by molar-refractivity contribution is -0.118. The second-order valence-electron chi connectivity index (χ2n) is 6.19. The Kier molecular flexibility index (Phi) is 7.12. The lowest BCUT2D eigenvalue weighted by Crippen LogP contribution is -2.34. The minimum Gasteiger partial charge on any atom is -0.454 e. The van der Waals surface area contributed by atoms with Crippen LogP contribution in [-0.2, 0) is 26.2 Å². The van der Waals surface area contributed by atoms with E-state index in [1.807, 2.05) is 12.1 Å². The molecule has 0 spiro atoms. The molecule has 0 saturated carbocycles. The normalized spacial score (nSPS) is 12.8. The van der Waals surface area contributed by atoms with Gasteiger partial charge in [-0.1, -0.05) is 29.2 Å². The summed E-state index contributed by atoms with van der Waals surface area (Å²) >= 11 is 2.28. The van der Waals surface area contributed by atoms with Gasteiger partial charge in [-0.05, 0) is 17.7 Å². The summed E-state index contributed by atoms with van der Waals surface area (Å²) < 4.78 is 34.6. The van der Waals surface area contributed by atoms with E-state index in [-0.39, 0.29) is 30.1 Å². The number of benzene rings is 1. The number of likely N-dealkylation sites (N-methyl/N-ethyl adjacent to an activating group) is 1. The number of hydrogen-bond acceptors (Lipinski definition) is 10. The quantitative estimate of drug-likeness (QED) is 0.394. The number of fused-ring (bicyclic) bond motifs is 1. The Morgan fingerprint density at radius 2 is 2.00 bits per heavy atom. The molecule has 162 valence electrons. The van der Waals surface area contributed by atoms with Crippen LogP contribution in [0.2, 0.25) is 0 Å². The number of rotatable bonds is 9. The molecule has 30 heavy (non-hydrogen) atoms. The van der Waals surface area contributed by atoms with E-state index in [1.54, 1.807) is 6.07 Å². The van der Waals surface area contributed by atoms with E-state index < -0.39 is 15.9 Å². The van der Waals surface area contributed by atoms with Crippen molar-refractivity contribution in [2.75, 3.05) is 37.7 Å². The fraction of sp³-hybridized carbons (Fsp3) is 0.375. The number of nitrogens with one attached hydrogen (secondary N) is 2. The number of hydrogen-bond donors (Lipinski definition) is 2. The number of ether oxygens (including phenoxy) is 2. The highest BCUT2D eigenvalue weighted by Gasteiger charge is 2.17. The zero-order chi connectivity index (χ0) is 21.7. The van der Waals surface area contributed by atoms with Gasteiger partial charge in [0.15, 0.2) is 15.8 Å². The molecule has 1 aromatic carbocycles. The van der Waals surface area contributed by atoms with Crippen LogP contribution in [0.4, 0.5) is 5.13 Å². The van der Waals surface area contributed by atoms with Gasteiger partial charge in [-0.15, -0.1) is 10.2 Å². The van der Waals surface area contributed by atoms with Gasteiger partial charge >= 0.3 is 0 Å². The van der Waals surface area contributed by atoms with E-state index in [9.17, 15) is 18.0 Å². The molecule has 14 heteroatoms. The Balaban J connectivity index is 1.41. The van der Waals surface area contributed by atoms with Gasteiger partial charge < -0.3 is 14.8 Å². The highest BCUT2D eigenvalue weighted by atomic mass is 32.2. The van der Waals surface area contributed by atoms with E-state index in [4.69, 9.17) is 9.47 Å². The van der Waals surface area contributed by atoms with Crippen LogP contribution in [0.15, 0.2) is 22.5 Å². The van der Waals surface area contributed by atoms with E-state index in [2.05, 4.69) is 20.8 Å². The summed E-state index contributed by atoms with van der Waals surface area (Å²) in [6, 6.07) is 5.46. The molecule has 0 saturated heterocycles. The third kappa shape index (κ3) is 6.29. The summed E-state index contributed by atoms with van der Waals surface area (Å²) in [5.74, 6) is 0.750. The van der Waals surface area contributed by atoms with Crippen LogP contribution in [0.5, 0.6) is 11.5 Å². The van der Waals surface area contributed by atoms with Crippen LogP contribution in [0.25, 0.3) is 0 Å². The number of anilines is 1. The summed E-state index contributed by atoms with van der Waals surface area (Å²) in [7, 11) is -2.15. The number of carbonyl (C=O) groups is 2. The predicted molar refractivity (Wildman–Crippen MR) is 111 cm³/mol. The molecule has 2 aromatic rings. The smallest absolute Gasteiger partial charge is 0.241 e. The summed E-state index contributed by atoms with van der Waals surface area (Å²) in [6.07, 6.45) is 1.01. The zero-order valence-corrected chi connectivity index (χ0v) is 18.5. The van der Waals surface area contributed by atoms with Crippen LogP contribution in [0.1, 0.15) is 5.56 Å². The Hall–Kier alpha value is -2.42. The fourth-order valence-corrected chi connectivity index (χ4v) is 4.18. The first-order chi connectivity index (χ1) is 14.2. The number of sulfonamides is 1. The van der Waals surface area contributed by atoms with Crippen molar-refractivity contribution in [3.05, 3.63) is 23.8 Å². The first-order valence-corrected chi connectivity index (χ1v) is 12.2. The molecule has 0 fully saturated rings. The van der Waals surface area contributed by atoms with Crippen LogP contribution in [-0.4, -0.2) is 67.1 Å². The molecule has 2 N–H and O–H groups in total. The zero-order valence-electron chi connectivity index (χ0n) is 16.1. The maximum atomic E-state index is 12.1. The van der Waals surface area contributed by atoms with Crippen LogP contribution >= 0.6 is 23.1 Å². The molecule has 1 aliphatic heterocycles. The Morgan fingerprint density at radius 1 is 1.23 bits per heavy atom. The average Bonchev–Trinajstić information content (AvgIpc) is 3.32. The van der Waals surface area contributed by atoms with Gasteiger partial charge in [0.05, 0.1) is 18.6 Å². The molecule has 1 aromatic heterocycles. The molecule has 0 radical (unpaired) electrons. The van der Waals surface area contributed by atoms with Crippen LogP contribution < -0.4 is 20.1 Å². The van der Waals surface area contributed by atoms with Gasteiger partial charge in [0, 0.05) is 13.6 Å². The van der Waals surface area contributed by atoms with Crippen molar-refractivity contribution in [1.29, 1.82) is 0 Å². The van der Waals surface area contributed by atoms with E-state index in [0.717, 1.165) is 27.5 Å². The molecule has 0 atom stereocenters. The van der Waals surface area contributed by atoms with Gasteiger partial charge in [-0.3, -0.25) is 14.9 Å². The Morgan fingerprint density at radius 3 is 2.77 bits per heavy atom. The van der Waals surface area contributed by atoms with Gasteiger partial charge in [0.1, 0.15) is 0 Å². The second kappa shape index (κ2) is 9.59. The van der Waals surface area contributed by atoms with Crippen molar-refractivity contribution in [3.8, 4) is 11.5 Å². The monoisotopic (exact) mass is 473 g/mol. The standard InChI is InChI=1S/C16H19N5O6S3/c1-21(30(2,24)25)7-13(22)18-15-19-20-16(29-15)28-8-14(23)17-6-10-3-4-11-12(5-10)27-9-26-11/h3-5H,6-9H2,1-2H3,(H,17,23)(H,18,19,22). The second-order valence-corrected chi connectivity index (χ2v) is 10.5. The molecule has 11 nitrogen and oxygen atoms in total. The summed E-state index contributed by atoms with van der Waals surface area (Å²) in [4.78, 5) is 23.9. The van der Waals surface area contributed by atoms with Crippen LogP contribution in [0.3, 0.4) is 0 Å². The van der Waals surface area contributed by atoms with Crippen molar-refractivity contribution in [2.45, 2.75) is 10.9 Å². The number of amides is 2. The summed E-state index contributed by atoms with van der Waals surface area (Å²) in [5.41, 5.74) is 0.887. The molecule has 0 aliphatic carbocycles. The van der Waals surface area contributed by atoms with Crippen LogP contribution in [0, 0.1) is 0 Å². The van der Waals surface area contributed by atoms with Gasteiger partial charge in [-0.25, -0.2) is 8.42 Å². The van der Waals surface area contributed by atoms with Crippen molar-refractivity contribution in [1.82, 2.24) is 19.8 Å². The highest BCUT2D eigenvalue weighted by molar-refractivity contribution is 8.01. The van der Waals surface area contributed by atoms with Gasteiger partial charge in [0.2, 0.25) is 33.8 Å². The summed E-state index contributed by atoms with van der Waals surface area (Å²) in [5, 5.41) is 13.2. The number of thioether (sulfide) groups is 1. The molecule has 2 amide bonds. The first-order valence-electron chi connectivity index (χ1n) is 8.53. The van der Waals surface area contributed by atoms with Crippen molar-refractivity contribution in [3.63, 3.8) is 0 Å². The highest BCUT2D eigenvalue weighted by Crippen LogP contribution is 2.32. The minimum absolute atomic E-state index is 0.129. The lowest BCUT2D eigenvalue weighted by Gasteiger charge is -2.12. The predicted octanol–water partition coefficient (Wildman–Crippen LogP) is 0.505. The third-order valence-electron chi connectivity index (χ3n) is 3.84. The van der Waals surface area contributed by atoms with Crippen molar-refractivity contribution in [2.24, 2.45) is 0 Å². The summed E-state index contributed by atoms with van der Waals surface area (Å²) in [6.45, 7) is 0.213.